The van der Waals surface area contributed by atoms with Crippen molar-refractivity contribution >= 4 is 37.6 Å². The Morgan fingerprint density at radius 2 is 2.00 bits per heavy atom. The smallest absolute Gasteiger partial charge is 0.387 e. The number of carbonyl (C=O) groups excluding carboxylic acids is 1. The molecule has 0 saturated heterocycles. The van der Waals surface area contributed by atoms with Gasteiger partial charge >= 0.3 is 6.61 Å². The molecule has 15 heavy (non-hydrogen) atoms. The number of benzene rings is 1. The van der Waals surface area contributed by atoms with Crippen LogP contribution in [-0.2, 0) is 0 Å². The highest BCUT2D eigenvalue weighted by Gasteiger charge is 2.15. The first-order valence-electron chi connectivity index (χ1n) is 3.86. The van der Waals surface area contributed by atoms with Crippen LogP contribution < -0.4 is 4.74 Å². The second-order valence-corrected chi connectivity index (χ2v) is 4.41. The molecule has 0 saturated carbocycles. The number of carbonyl (C=O) groups is 1. The standard InChI is InChI=1S/C9H6Br2F2O2/c1-4(14)6-2-5(10)3-7(8(6)11)15-9(12)13/h2-3,9H,1H3. The summed E-state index contributed by atoms with van der Waals surface area (Å²) < 4.78 is 29.0. The maximum Gasteiger partial charge on any atom is 0.387 e. The molecular formula is C9H6Br2F2O2. The van der Waals surface area contributed by atoms with Gasteiger partial charge in [-0.05, 0) is 35.0 Å². The monoisotopic (exact) mass is 342 g/mol. The van der Waals surface area contributed by atoms with Crippen LogP contribution in [-0.4, -0.2) is 12.4 Å². The molecule has 0 aromatic heterocycles. The summed E-state index contributed by atoms with van der Waals surface area (Å²) in [6.07, 6.45) is 0. The van der Waals surface area contributed by atoms with E-state index in [4.69, 9.17) is 0 Å². The van der Waals surface area contributed by atoms with E-state index in [1.165, 1.54) is 19.1 Å². The zero-order valence-electron chi connectivity index (χ0n) is 7.56. The van der Waals surface area contributed by atoms with Crippen molar-refractivity contribution in [1.82, 2.24) is 0 Å². The minimum absolute atomic E-state index is 0.0652. The highest BCUT2D eigenvalue weighted by molar-refractivity contribution is 9.11. The summed E-state index contributed by atoms with van der Waals surface area (Å²) in [4.78, 5) is 11.2. The molecule has 0 aliphatic rings. The Kier molecular flexibility index (Phi) is 4.21. The number of hydrogen-bond acceptors (Lipinski definition) is 2. The van der Waals surface area contributed by atoms with E-state index < -0.39 is 6.61 Å². The lowest BCUT2D eigenvalue weighted by Gasteiger charge is -2.10. The molecule has 0 fully saturated rings. The lowest BCUT2D eigenvalue weighted by Crippen LogP contribution is -2.04. The first-order valence-corrected chi connectivity index (χ1v) is 5.45. The number of ketones is 1. The van der Waals surface area contributed by atoms with Crippen molar-refractivity contribution in [2.75, 3.05) is 0 Å². The first kappa shape index (κ1) is 12.6. The van der Waals surface area contributed by atoms with E-state index in [2.05, 4.69) is 36.6 Å². The lowest BCUT2D eigenvalue weighted by atomic mass is 10.1. The number of alkyl halides is 2. The Labute approximate surface area is 102 Å². The maximum absolute atomic E-state index is 12.0. The summed E-state index contributed by atoms with van der Waals surface area (Å²) in [5.74, 6) is -0.299. The summed E-state index contributed by atoms with van der Waals surface area (Å²) in [5, 5.41) is 0. The molecule has 0 spiro atoms. The van der Waals surface area contributed by atoms with Gasteiger partial charge in [-0.1, -0.05) is 15.9 Å². The highest BCUT2D eigenvalue weighted by Crippen LogP contribution is 2.33. The van der Waals surface area contributed by atoms with Crippen LogP contribution in [0.5, 0.6) is 5.75 Å². The van der Waals surface area contributed by atoms with E-state index in [0.29, 0.717) is 10.0 Å². The van der Waals surface area contributed by atoms with Crippen LogP contribution >= 0.6 is 31.9 Å². The predicted octanol–water partition coefficient (Wildman–Crippen LogP) is 4.02. The third-order valence-electron chi connectivity index (χ3n) is 1.60. The molecule has 0 N–H and O–H groups in total. The molecule has 6 heteroatoms. The molecule has 0 aliphatic heterocycles. The maximum atomic E-state index is 12.0. The van der Waals surface area contributed by atoms with Crippen molar-refractivity contribution in [3.8, 4) is 5.75 Å². The van der Waals surface area contributed by atoms with Gasteiger partial charge in [0.2, 0.25) is 0 Å². The fourth-order valence-corrected chi connectivity index (χ4v) is 2.04. The van der Waals surface area contributed by atoms with Crippen molar-refractivity contribution < 1.29 is 18.3 Å². The second-order valence-electron chi connectivity index (χ2n) is 2.70. The fourth-order valence-electron chi connectivity index (χ4n) is 1.00. The predicted molar refractivity (Wildman–Crippen MR) is 58.5 cm³/mol. The van der Waals surface area contributed by atoms with Gasteiger partial charge in [0.1, 0.15) is 5.75 Å². The topological polar surface area (TPSA) is 26.3 Å². The molecule has 2 nitrogen and oxygen atoms in total. The van der Waals surface area contributed by atoms with Gasteiger partial charge in [0.05, 0.1) is 4.47 Å². The molecular weight excluding hydrogens is 338 g/mol. The zero-order valence-corrected chi connectivity index (χ0v) is 10.7. The Balaban J connectivity index is 3.22. The summed E-state index contributed by atoms with van der Waals surface area (Å²) >= 11 is 6.15. The van der Waals surface area contributed by atoms with Crippen LogP contribution in [0.15, 0.2) is 21.1 Å². The first-order chi connectivity index (χ1) is 6.91. The number of ether oxygens (including phenoxy) is 1. The van der Waals surface area contributed by atoms with Gasteiger partial charge in [-0.15, -0.1) is 0 Å². The summed E-state index contributed by atoms with van der Waals surface area (Å²) in [6.45, 7) is -1.57. The van der Waals surface area contributed by atoms with Gasteiger partial charge in [-0.25, -0.2) is 0 Å². The van der Waals surface area contributed by atoms with E-state index in [-0.39, 0.29) is 16.0 Å². The molecule has 0 atom stereocenters. The summed E-state index contributed by atoms with van der Waals surface area (Å²) in [6, 6.07) is 2.90. The summed E-state index contributed by atoms with van der Waals surface area (Å²) in [7, 11) is 0. The van der Waals surface area contributed by atoms with E-state index in [1.54, 1.807) is 0 Å². The highest BCUT2D eigenvalue weighted by atomic mass is 79.9. The van der Waals surface area contributed by atoms with Gasteiger partial charge in [0, 0.05) is 10.0 Å². The van der Waals surface area contributed by atoms with Crippen LogP contribution in [0.1, 0.15) is 17.3 Å². The van der Waals surface area contributed by atoms with Crippen LogP contribution in [0.2, 0.25) is 0 Å². The van der Waals surface area contributed by atoms with E-state index >= 15 is 0 Å². The van der Waals surface area contributed by atoms with Crippen molar-refractivity contribution in [2.45, 2.75) is 13.5 Å². The molecule has 1 aromatic carbocycles. The van der Waals surface area contributed by atoms with Crippen molar-refractivity contribution in [1.29, 1.82) is 0 Å². The minimum atomic E-state index is -2.92. The van der Waals surface area contributed by atoms with Gasteiger partial charge in [-0.2, -0.15) is 8.78 Å². The largest absolute Gasteiger partial charge is 0.434 e. The van der Waals surface area contributed by atoms with Crippen molar-refractivity contribution in [3.05, 3.63) is 26.6 Å². The lowest BCUT2D eigenvalue weighted by molar-refractivity contribution is -0.0504. The Bertz CT molecular complexity index is 394. The molecule has 0 radical (unpaired) electrons. The average molecular weight is 344 g/mol. The number of hydrogen-bond donors (Lipinski definition) is 0. The number of halogens is 4. The van der Waals surface area contributed by atoms with Crippen LogP contribution in [0, 0.1) is 0 Å². The Hall–Kier alpha value is -0.490. The normalized spacial score (nSPS) is 10.5. The average Bonchev–Trinajstić information content (AvgIpc) is 2.09. The third-order valence-corrected chi connectivity index (χ3v) is 2.88. The van der Waals surface area contributed by atoms with E-state index in [1.807, 2.05) is 0 Å². The molecule has 0 aliphatic carbocycles. The third kappa shape index (κ3) is 3.24. The number of Topliss-reactive ketones (excluding diaryl/α,β-unsaturated/α-hetero) is 1. The molecule has 1 rings (SSSR count). The molecule has 0 heterocycles. The summed E-state index contributed by atoms with van der Waals surface area (Å²) in [5.41, 5.74) is 0.292. The minimum Gasteiger partial charge on any atom is -0.434 e. The quantitative estimate of drug-likeness (QED) is 0.775. The molecule has 82 valence electrons. The van der Waals surface area contributed by atoms with Gasteiger partial charge in [-0.3, -0.25) is 4.79 Å². The molecule has 1 aromatic rings. The molecule has 0 amide bonds. The van der Waals surface area contributed by atoms with Crippen LogP contribution in [0.25, 0.3) is 0 Å². The van der Waals surface area contributed by atoms with Crippen molar-refractivity contribution in [2.24, 2.45) is 0 Å². The van der Waals surface area contributed by atoms with E-state index in [0.717, 1.165) is 0 Å². The van der Waals surface area contributed by atoms with Gasteiger partial charge in [0.25, 0.3) is 0 Å². The van der Waals surface area contributed by atoms with E-state index in [9.17, 15) is 13.6 Å². The number of rotatable bonds is 3. The fraction of sp³-hybridized carbons (Fsp3) is 0.222. The molecule has 0 unspecified atom stereocenters. The Morgan fingerprint density at radius 1 is 1.40 bits per heavy atom. The second kappa shape index (κ2) is 5.03. The van der Waals surface area contributed by atoms with Gasteiger partial charge < -0.3 is 4.74 Å². The Morgan fingerprint density at radius 3 is 2.47 bits per heavy atom. The SMILES string of the molecule is CC(=O)c1cc(Br)cc(OC(F)F)c1Br. The van der Waals surface area contributed by atoms with Crippen LogP contribution in [0.4, 0.5) is 8.78 Å². The zero-order chi connectivity index (χ0) is 11.6. The molecule has 0 bridgehead atoms. The van der Waals surface area contributed by atoms with Gasteiger partial charge in [0.15, 0.2) is 5.78 Å². The van der Waals surface area contributed by atoms with Crippen LogP contribution in [0.3, 0.4) is 0 Å². The van der Waals surface area contributed by atoms with Crippen molar-refractivity contribution in [3.63, 3.8) is 0 Å².